The Hall–Kier alpha value is -0.100. The molecule has 1 fully saturated rings. The van der Waals surface area contributed by atoms with Crippen molar-refractivity contribution in [3.05, 3.63) is 0 Å². The van der Waals surface area contributed by atoms with Crippen molar-refractivity contribution >= 4 is 43.8 Å². The number of rotatable bonds is 4. The Morgan fingerprint density at radius 1 is 1.12 bits per heavy atom. The zero-order valence-electron chi connectivity index (χ0n) is 9.38. The van der Waals surface area contributed by atoms with E-state index in [2.05, 4.69) is 31.9 Å². The summed E-state index contributed by atoms with van der Waals surface area (Å²) < 4.78 is 9.13. The highest BCUT2D eigenvalue weighted by atomic mass is 79.9. The molecule has 0 radical (unpaired) electrons. The Morgan fingerprint density at radius 3 is 1.62 bits per heavy atom. The van der Waals surface area contributed by atoms with Crippen molar-refractivity contribution in [2.75, 3.05) is 13.2 Å². The van der Waals surface area contributed by atoms with Crippen molar-refractivity contribution in [3.8, 4) is 0 Å². The van der Waals surface area contributed by atoms with Crippen LogP contribution < -0.4 is 0 Å². The first-order valence-electron chi connectivity index (χ1n) is 5.09. The van der Waals surface area contributed by atoms with Crippen LogP contribution in [0.15, 0.2) is 0 Å². The van der Waals surface area contributed by atoms with Gasteiger partial charge in [0.2, 0.25) is 0 Å². The van der Waals surface area contributed by atoms with Crippen LogP contribution in [0.4, 0.5) is 0 Å². The molecule has 1 atom stereocenters. The molecular formula is C10H14Br2O4. The van der Waals surface area contributed by atoms with Crippen molar-refractivity contribution in [3.63, 3.8) is 0 Å². The Labute approximate surface area is 111 Å². The predicted molar refractivity (Wildman–Crippen MR) is 65.4 cm³/mol. The lowest BCUT2D eigenvalue weighted by Crippen LogP contribution is -2.34. The molecule has 6 heteroatoms. The van der Waals surface area contributed by atoms with Gasteiger partial charge < -0.3 is 9.47 Å². The first kappa shape index (κ1) is 14.0. The number of hydrogen-bond acceptors (Lipinski definition) is 4. The molecule has 92 valence electrons. The van der Waals surface area contributed by atoms with Crippen LogP contribution in [0.5, 0.6) is 0 Å². The number of hydrogen-bond donors (Lipinski definition) is 0. The molecule has 16 heavy (non-hydrogen) atoms. The fourth-order valence-corrected chi connectivity index (χ4v) is 3.56. The molecule has 0 bridgehead atoms. The van der Waals surface area contributed by atoms with Crippen LogP contribution in [0.1, 0.15) is 20.8 Å². The summed E-state index contributed by atoms with van der Waals surface area (Å²) in [6.07, 6.45) is 0. The normalized spacial score (nSPS) is 24.7. The van der Waals surface area contributed by atoms with E-state index >= 15 is 0 Å². The van der Waals surface area contributed by atoms with Gasteiger partial charge >= 0.3 is 11.9 Å². The summed E-state index contributed by atoms with van der Waals surface area (Å²) in [6.45, 7) is 5.67. The minimum absolute atomic E-state index is 0.210. The maximum Gasteiger partial charge on any atom is 0.326 e. The molecule has 0 N–H and O–H groups in total. The third-order valence-corrected chi connectivity index (χ3v) is 5.45. The maximum absolute atomic E-state index is 11.9. The molecule has 0 saturated heterocycles. The van der Waals surface area contributed by atoms with Crippen molar-refractivity contribution in [1.82, 2.24) is 0 Å². The van der Waals surface area contributed by atoms with Crippen LogP contribution in [-0.4, -0.2) is 28.4 Å². The van der Waals surface area contributed by atoms with Gasteiger partial charge in [0.1, 0.15) is 3.23 Å². The van der Waals surface area contributed by atoms with E-state index in [0.29, 0.717) is 0 Å². The molecule has 1 unspecified atom stereocenters. The number of ether oxygens (including phenoxy) is 2. The number of carbonyl (C=O) groups is 2. The van der Waals surface area contributed by atoms with Gasteiger partial charge in [-0.2, -0.15) is 0 Å². The summed E-state index contributed by atoms with van der Waals surface area (Å²) in [4.78, 5) is 23.8. The minimum Gasteiger partial charge on any atom is -0.465 e. The molecule has 0 amide bonds. The van der Waals surface area contributed by atoms with Crippen LogP contribution in [0, 0.1) is 11.3 Å². The fourth-order valence-electron chi connectivity index (χ4n) is 1.77. The van der Waals surface area contributed by atoms with Crippen molar-refractivity contribution in [2.24, 2.45) is 11.3 Å². The lowest BCUT2D eigenvalue weighted by atomic mass is 10.1. The summed E-state index contributed by atoms with van der Waals surface area (Å²) in [5.74, 6) is -1.30. The monoisotopic (exact) mass is 356 g/mol. The molecule has 0 aromatic rings. The van der Waals surface area contributed by atoms with Gasteiger partial charge in [0, 0.05) is 5.92 Å². The number of halogens is 2. The second-order valence-electron chi connectivity index (χ2n) is 3.59. The van der Waals surface area contributed by atoms with Gasteiger partial charge in [0.05, 0.1) is 13.2 Å². The van der Waals surface area contributed by atoms with Gasteiger partial charge in [-0.25, -0.2) is 0 Å². The molecular weight excluding hydrogens is 344 g/mol. The summed E-state index contributed by atoms with van der Waals surface area (Å²) >= 11 is 6.66. The fraction of sp³-hybridized carbons (Fsp3) is 0.800. The zero-order chi connectivity index (χ0) is 12.6. The molecule has 0 spiro atoms. The Balaban J connectivity index is 2.98. The van der Waals surface area contributed by atoms with Gasteiger partial charge in [-0.15, -0.1) is 0 Å². The molecule has 0 aromatic heterocycles. The predicted octanol–water partition coefficient (Wildman–Crippen LogP) is 2.23. The van der Waals surface area contributed by atoms with Crippen molar-refractivity contribution in [2.45, 2.75) is 24.0 Å². The highest BCUT2D eigenvalue weighted by molar-refractivity contribution is 9.25. The lowest BCUT2D eigenvalue weighted by molar-refractivity contribution is -0.164. The van der Waals surface area contributed by atoms with Crippen LogP contribution in [0.3, 0.4) is 0 Å². The van der Waals surface area contributed by atoms with Crippen molar-refractivity contribution in [1.29, 1.82) is 0 Å². The lowest BCUT2D eigenvalue weighted by Gasteiger charge is -2.15. The summed E-state index contributed by atoms with van der Waals surface area (Å²) in [5, 5.41) is 0. The highest BCUT2D eigenvalue weighted by Gasteiger charge is 2.83. The molecule has 0 aromatic carbocycles. The van der Waals surface area contributed by atoms with Gasteiger partial charge in [-0.1, -0.05) is 38.8 Å². The Kier molecular flexibility index (Phi) is 4.05. The standard InChI is InChI=1S/C10H14Br2O4/c1-4-15-7(13)9(8(14)16-5-2)6(3)10(9,11)12/h6H,4-5H2,1-3H3. The van der Waals surface area contributed by atoms with E-state index in [9.17, 15) is 9.59 Å². The van der Waals surface area contributed by atoms with Gasteiger partial charge in [0.25, 0.3) is 0 Å². The molecule has 0 aliphatic heterocycles. The molecule has 4 nitrogen and oxygen atoms in total. The maximum atomic E-state index is 11.9. The third-order valence-electron chi connectivity index (χ3n) is 2.83. The zero-order valence-corrected chi connectivity index (χ0v) is 12.6. The summed E-state index contributed by atoms with van der Waals surface area (Å²) in [6, 6.07) is 0. The summed E-state index contributed by atoms with van der Waals surface area (Å²) in [7, 11) is 0. The Bertz CT molecular complexity index is 296. The Morgan fingerprint density at radius 2 is 1.44 bits per heavy atom. The number of esters is 2. The number of alkyl halides is 2. The second kappa shape index (κ2) is 4.64. The van der Waals surface area contributed by atoms with Crippen LogP contribution in [-0.2, 0) is 19.1 Å². The van der Waals surface area contributed by atoms with Crippen LogP contribution in [0.2, 0.25) is 0 Å². The SMILES string of the molecule is CCOC(=O)C1(C(=O)OCC)C(C)C1(Br)Br. The second-order valence-corrected chi connectivity index (χ2v) is 7.16. The molecule has 1 rings (SSSR count). The average Bonchev–Trinajstić information content (AvgIpc) is 2.63. The highest BCUT2D eigenvalue weighted by Crippen LogP contribution is 2.72. The van der Waals surface area contributed by atoms with E-state index in [4.69, 9.17) is 9.47 Å². The molecule has 1 saturated carbocycles. The molecule has 0 heterocycles. The quantitative estimate of drug-likeness (QED) is 0.440. The van der Waals surface area contributed by atoms with Gasteiger partial charge in [-0.05, 0) is 13.8 Å². The van der Waals surface area contributed by atoms with Gasteiger partial charge in [0.15, 0.2) is 5.41 Å². The molecule has 1 aliphatic carbocycles. The largest absolute Gasteiger partial charge is 0.465 e. The van der Waals surface area contributed by atoms with E-state index in [1.54, 1.807) is 20.8 Å². The number of carbonyl (C=O) groups excluding carboxylic acids is 2. The van der Waals surface area contributed by atoms with Crippen LogP contribution >= 0.6 is 31.9 Å². The van der Waals surface area contributed by atoms with Gasteiger partial charge in [-0.3, -0.25) is 9.59 Å². The van der Waals surface area contributed by atoms with E-state index in [1.807, 2.05) is 0 Å². The van der Waals surface area contributed by atoms with E-state index < -0.39 is 20.6 Å². The van der Waals surface area contributed by atoms with E-state index in [0.717, 1.165) is 0 Å². The smallest absolute Gasteiger partial charge is 0.326 e. The topological polar surface area (TPSA) is 52.6 Å². The molecule has 1 aliphatic rings. The van der Waals surface area contributed by atoms with E-state index in [1.165, 1.54) is 0 Å². The van der Waals surface area contributed by atoms with Crippen LogP contribution in [0.25, 0.3) is 0 Å². The first-order valence-corrected chi connectivity index (χ1v) is 6.68. The minimum atomic E-state index is -1.26. The van der Waals surface area contributed by atoms with E-state index in [-0.39, 0.29) is 19.1 Å². The van der Waals surface area contributed by atoms with Crippen molar-refractivity contribution < 1.29 is 19.1 Å². The average molecular weight is 358 g/mol. The first-order chi connectivity index (χ1) is 7.37. The third kappa shape index (κ3) is 1.70. The summed E-state index contributed by atoms with van der Waals surface area (Å²) in [5.41, 5.74) is -1.26.